The second kappa shape index (κ2) is 4.97. The second-order valence-electron chi connectivity index (χ2n) is 4.27. The Kier molecular flexibility index (Phi) is 3.01. The summed E-state index contributed by atoms with van der Waals surface area (Å²) < 4.78 is 0. The highest BCUT2D eigenvalue weighted by Gasteiger charge is 2.12. The first-order valence-electron chi connectivity index (χ1n) is 6.11. The highest BCUT2D eigenvalue weighted by molar-refractivity contribution is 6.09. The number of benzene rings is 1. The number of nitrogen functional groups attached to an aromatic ring is 1. The maximum atomic E-state index is 12.2. The lowest BCUT2D eigenvalue weighted by Gasteiger charge is -2.08. The first-order valence-corrected chi connectivity index (χ1v) is 6.11. The molecule has 2 aromatic heterocycles. The molecule has 3 rings (SSSR count). The molecule has 0 bridgehead atoms. The van der Waals surface area contributed by atoms with Crippen LogP contribution in [0.2, 0.25) is 0 Å². The summed E-state index contributed by atoms with van der Waals surface area (Å²) >= 11 is 0. The number of hydrogen-bond acceptors (Lipinski definition) is 4. The molecule has 98 valence electrons. The fourth-order valence-corrected chi connectivity index (χ4v) is 2.00. The smallest absolute Gasteiger partial charge is 0.276 e. The zero-order valence-corrected chi connectivity index (χ0v) is 10.6. The molecule has 5 heteroatoms. The zero-order chi connectivity index (χ0) is 13.9. The van der Waals surface area contributed by atoms with E-state index in [1.165, 1.54) is 6.20 Å². The number of carbonyl (C=O) groups is 1. The van der Waals surface area contributed by atoms with Crippen LogP contribution in [-0.4, -0.2) is 15.9 Å². The molecule has 1 aromatic carbocycles. The minimum absolute atomic E-state index is 0.216. The Morgan fingerprint density at radius 1 is 1.00 bits per heavy atom. The Hall–Kier alpha value is -2.95. The maximum Gasteiger partial charge on any atom is 0.276 e. The highest BCUT2D eigenvalue weighted by Crippen LogP contribution is 2.22. The number of pyridine rings is 2. The normalized spacial score (nSPS) is 10.4. The molecule has 3 aromatic rings. The van der Waals surface area contributed by atoms with Crippen LogP contribution in [-0.2, 0) is 0 Å². The summed E-state index contributed by atoms with van der Waals surface area (Å²) in [7, 11) is 0. The molecule has 0 aliphatic heterocycles. The van der Waals surface area contributed by atoms with Gasteiger partial charge >= 0.3 is 0 Å². The number of nitrogens with two attached hydrogens (primary N) is 1. The van der Waals surface area contributed by atoms with Gasteiger partial charge in [0.05, 0.1) is 16.9 Å². The molecule has 3 N–H and O–H groups in total. The van der Waals surface area contributed by atoms with Crippen molar-refractivity contribution in [1.82, 2.24) is 9.97 Å². The third kappa shape index (κ3) is 2.16. The van der Waals surface area contributed by atoms with Crippen LogP contribution in [0.3, 0.4) is 0 Å². The van der Waals surface area contributed by atoms with Crippen molar-refractivity contribution in [2.75, 3.05) is 11.1 Å². The number of amides is 1. The van der Waals surface area contributed by atoms with Crippen LogP contribution in [0.25, 0.3) is 10.9 Å². The summed E-state index contributed by atoms with van der Waals surface area (Å²) in [5, 5.41) is 3.69. The number of carbonyl (C=O) groups excluding carboxylic acids is 1. The van der Waals surface area contributed by atoms with Crippen molar-refractivity contribution in [1.29, 1.82) is 0 Å². The average Bonchev–Trinajstić information content (AvgIpc) is 2.48. The van der Waals surface area contributed by atoms with Crippen LogP contribution < -0.4 is 11.1 Å². The first kappa shape index (κ1) is 12.1. The Morgan fingerprint density at radius 3 is 2.65 bits per heavy atom. The summed E-state index contributed by atoms with van der Waals surface area (Å²) in [6.07, 6.45) is 3.25. The molecule has 0 fully saturated rings. The molecule has 0 atom stereocenters. The molecule has 1 amide bonds. The van der Waals surface area contributed by atoms with E-state index in [9.17, 15) is 4.79 Å². The van der Waals surface area contributed by atoms with Gasteiger partial charge in [-0.2, -0.15) is 0 Å². The van der Waals surface area contributed by atoms with E-state index in [0.717, 1.165) is 10.9 Å². The van der Waals surface area contributed by atoms with Crippen molar-refractivity contribution >= 4 is 28.2 Å². The van der Waals surface area contributed by atoms with Gasteiger partial charge in [0.25, 0.3) is 5.91 Å². The summed E-state index contributed by atoms with van der Waals surface area (Å²) in [6, 6.07) is 12.6. The number of rotatable bonds is 2. The fraction of sp³-hybridized carbons (Fsp3) is 0. The van der Waals surface area contributed by atoms with Gasteiger partial charge in [0.1, 0.15) is 0 Å². The van der Waals surface area contributed by atoms with Gasteiger partial charge in [-0.1, -0.05) is 6.07 Å². The summed E-state index contributed by atoms with van der Waals surface area (Å²) in [5.41, 5.74) is 7.82. The SMILES string of the molecule is Nc1cccnc1C(=O)Nc1cccc2ncccc12. The molecule has 0 unspecified atom stereocenters. The summed E-state index contributed by atoms with van der Waals surface area (Å²) in [5.74, 6) is -0.334. The van der Waals surface area contributed by atoms with Crippen LogP contribution in [0.5, 0.6) is 0 Å². The molecule has 2 heterocycles. The molecule has 0 aliphatic rings. The maximum absolute atomic E-state index is 12.2. The highest BCUT2D eigenvalue weighted by atomic mass is 16.1. The molecule has 0 radical (unpaired) electrons. The monoisotopic (exact) mass is 264 g/mol. The lowest BCUT2D eigenvalue weighted by atomic mass is 10.1. The van der Waals surface area contributed by atoms with Gasteiger partial charge in [-0.05, 0) is 36.4 Å². The van der Waals surface area contributed by atoms with Crippen molar-refractivity contribution in [2.24, 2.45) is 0 Å². The summed E-state index contributed by atoms with van der Waals surface area (Å²) in [6.45, 7) is 0. The van der Waals surface area contributed by atoms with Crippen molar-refractivity contribution in [2.45, 2.75) is 0 Å². The van der Waals surface area contributed by atoms with E-state index in [1.807, 2.05) is 30.3 Å². The standard InChI is InChI=1S/C15H12N4O/c16-11-5-3-9-18-14(11)15(20)19-13-7-1-6-12-10(13)4-2-8-17-12/h1-9H,16H2,(H,19,20). The van der Waals surface area contributed by atoms with Gasteiger partial charge in [-0.3, -0.25) is 9.78 Å². The Labute approximate surface area is 115 Å². The molecule has 0 saturated heterocycles. The van der Waals surface area contributed by atoms with E-state index in [1.54, 1.807) is 18.3 Å². The first-order chi connectivity index (χ1) is 9.75. The third-order valence-corrected chi connectivity index (χ3v) is 2.95. The van der Waals surface area contributed by atoms with Crippen LogP contribution >= 0.6 is 0 Å². The Morgan fingerprint density at radius 2 is 1.80 bits per heavy atom. The average molecular weight is 264 g/mol. The molecule has 0 aliphatic carbocycles. The molecule has 20 heavy (non-hydrogen) atoms. The van der Waals surface area contributed by atoms with E-state index in [2.05, 4.69) is 15.3 Å². The topological polar surface area (TPSA) is 80.9 Å². The Balaban J connectivity index is 1.98. The molecule has 0 spiro atoms. The van der Waals surface area contributed by atoms with Gasteiger partial charge in [-0.25, -0.2) is 4.98 Å². The van der Waals surface area contributed by atoms with Crippen molar-refractivity contribution in [3.8, 4) is 0 Å². The zero-order valence-electron chi connectivity index (χ0n) is 10.6. The van der Waals surface area contributed by atoms with Gasteiger partial charge in [0.2, 0.25) is 0 Å². The minimum Gasteiger partial charge on any atom is -0.397 e. The van der Waals surface area contributed by atoms with E-state index >= 15 is 0 Å². The number of fused-ring (bicyclic) bond motifs is 1. The lowest BCUT2D eigenvalue weighted by molar-refractivity contribution is 0.102. The van der Waals surface area contributed by atoms with E-state index in [0.29, 0.717) is 11.4 Å². The van der Waals surface area contributed by atoms with E-state index < -0.39 is 0 Å². The molecular formula is C15H12N4O. The number of nitrogens with zero attached hydrogens (tertiary/aromatic N) is 2. The van der Waals surface area contributed by atoms with Gasteiger partial charge in [0, 0.05) is 17.8 Å². The summed E-state index contributed by atoms with van der Waals surface area (Å²) in [4.78, 5) is 20.5. The quantitative estimate of drug-likeness (QED) is 0.745. The third-order valence-electron chi connectivity index (χ3n) is 2.95. The van der Waals surface area contributed by atoms with Crippen LogP contribution in [0.1, 0.15) is 10.5 Å². The minimum atomic E-state index is -0.334. The fourth-order valence-electron chi connectivity index (χ4n) is 2.00. The Bertz CT molecular complexity index is 780. The lowest BCUT2D eigenvalue weighted by Crippen LogP contribution is -2.15. The predicted octanol–water partition coefficient (Wildman–Crippen LogP) is 2.46. The van der Waals surface area contributed by atoms with Crippen LogP contribution in [0.15, 0.2) is 54.9 Å². The number of aromatic nitrogens is 2. The molecule has 0 saturated carbocycles. The molecule has 5 nitrogen and oxygen atoms in total. The van der Waals surface area contributed by atoms with Gasteiger partial charge in [-0.15, -0.1) is 0 Å². The second-order valence-corrected chi connectivity index (χ2v) is 4.27. The van der Waals surface area contributed by atoms with Crippen LogP contribution in [0.4, 0.5) is 11.4 Å². The van der Waals surface area contributed by atoms with Crippen molar-refractivity contribution in [3.05, 3.63) is 60.6 Å². The van der Waals surface area contributed by atoms with E-state index in [4.69, 9.17) is 5.73 Å². The predicted molar refractivity (Wildman–Crippen MR) is 78.3 cm³/mol. The number of nitrogens with one attached hydrogen (secondary N) is 1. The van der Waals surface area contributed by atoms with Crippen LogP contribution in [0, 0.1) is 0 Å². The molecular weight excluding hydrogens is 252 g/mol. The largest absolute Gasteiger partial charge is 0.397 e. The van der Waals surface area contributed by atoms with E-state index in [-0.39, 0.29) is 11.6 Å². The van der Waals surface area contributed by atoms with Gasteiger partial charge < -0.3 is 11.1 Å². The van der Waals surface area contributed by atoms with Gasteiger partial charge in [0.15, 0.2) is 5.69 Å². The number of anilines is 2. The number of hydrogen-bond donors (Lipinski definition) is 2. The van der Waals surface area contributed by atoms with Crippen molar-refractivity contribution in [3.63, 3.8) is 0 Å². The van der Waals surface area contributed by atoms with Crippen molar-refractivity contribution < 1.29 is 4.79 Å².